The number of halogens is 1. The molecule has 0 bridgehead atoms. The number of rotatable bonds is 5. The average molecular weight is 327 g/mol. The van der Waals surface area contributed by atoms with Gasteiger partial charge in [0.05, 0.1) is 11.9 Å². The molecule has 0 atom stereocenters. The van der Waals surface area contributed by atoms with E-state index in [2.05, 4.69) is 20.9 Å². The lowest BCUT2D eigenvalue weighted by Crippen LogP contribution is -2.01. The predicted molar refractivity (Wildman–Crippen MR) is 74.1 cm³/mol. The molecule has 0 aliphatic rings. The predicted octanol–water partition coefficient (Wildman–Crippen LogP) is 3.14. The van der Waals surface area contributed by atoms with Gasteiger partial charge in [-0.25, -0.2) is 9.78 Å². The second kappa shape index (κ2) is 6.06. The van der Waals surface area contributed by atoms with E-state index in [9.17, 15) is 4.79 Å². The van der Waals surface area contributed by atoms with E-state index in [1.807, 2.05) is 16.8 Å². The van der Waals surface area contributed by atoms with Gasteiger partial charge >= 0.3 is 5.97 Å². The Bertz CT molecular complexity index is 543. The van der Waals surface area contributed by atoms with Crippen molar-refractivity contribution in [2.45, 2.75) is 11.4 Å². The van der Waals surface area contributed by atoms with Gasteiger partial charge < -0.3 is 9.67 Å². The van der Waals surface area contributed by atoms with Crippen molar-refractivity contribution in [2.24, 2.45) is 0 Å². The Kier molecular flexibility index (Phi) is 4.43. The number of aryl methyl sites for hydroxylation is 1. The summed E-state index contributed by atoms with van der Waals surface area (Å²) >= 11 is 4.88. The van der Waals surface area contributed by atoms with Crippen LogP contribution in [0.3, 0.4) is 0 Å². The van der Waals surface area contributed by atoms with Crippen LogP contribution in [0.2, 0.25) is 0 Å². The molecule has 1 N–H and O–H groups in total. The molecule has 0 fully saturated rings. The molecule has 6 heteroatoms. The molecule has 0 saturated carbocycles. The van der Waals surface area contributed by atoms with Crippen LogP contribution >= 0.6 is 27.7 Å². The van der Waals surface area contributed by atoms with Gasteiger partial charge in [0.2, 0.25) is 0 Å². The van der Waals surface area contributed by atoms with Crippen molar-refractivity contribution in [2.75, 3.05) is 5.75 Å². The molecule has 0 aliphatic carbocycles. The molecule has 1 aromatic carbocycles. The first-order valence-corrected chi connectivity index (χ1v) is 7.06. The summed E-state index contributed by atoms with van der Waals surface area (Å²) in [7, 11) is 0. The molecule has 0 radical (unpaired) electrons. The van der Waals surface area contributed by atoms with Gasteiger partial charge in [-0.05, 0) is 18.2 Å². The lowest BCUT2D eigenvalue weighted by atomic mass is 10.2. The highest BCUT2D eigenvalue weighted by molar-refractivity contribution is 9.10. The van der Waals surface area contributed by atoms with Crippen LogP contribution < -0.4 is 0 Å². The molecule has 2 rings (SSSR count). The summed E-state index contributed by atoms with van der Waals surface area (Å²) in [6, 6.07) is 5.19. The third-order valence-corrected chi connectivity index (χ3v) is 3.87. The molecule has 0 amide bonds. The fourth-order valence-electron chi connectivity index (χ4n) is 1.47. The molecule has 0 spiro atoms. The number of imidazole rings is 1. The Hall–Kier alpha value is -1.27. The van der Waals surface area contributed by atoms with Crippen LogP contribution in [0.1, 0.15) is 10.4 Å². The van der Waals surface area contributed by atoms with Gasteiger partial charge in [0, 0.05) is 34.1 Å². The van der Waals surface area contributed by atoms with Gasteiger partial charge in [-0.1, -0.05) is 15.9 Å². The SMILES string of the molecule is O=C(O)c1ccc(Br)cc1SCCn1ccnc1. The molecule has 18 heavy (non-hydrogen) atoms. The number of aromatic carboxylic acids is 1. The molecule has 2 aromatic rings. The van der Waals surface area contributed by atoms with Crippen LogP contribution in [0, 0.1) is 0 Å². The second-order valence-corrected chi connectivity index (χ2v) is 5.65. The first kappa shape index (κ1) is 13.2. The quantitative estimate of drug-likeness (QED) is 0.857. The van der Waals surface area contributed by atoms with Crippen molar-refractivity contribution in [1.82, 2.24) is 9.55 Å². The van der Waals surface area contributed by atoms with Crippen molar-refractivity contribution in [3.8, 4) is 0 Å². The maximum absolute atomic E-state index is 11.1. The van der Waals surface area contributed by atoms with Crippen molar-refractivity contribution in [3.05, 3.63) is 47.0 Å². The van der Waals surface area contributed by atoms with Crippen LogP contribution in [0.15, 0.2) is 46.3 Å². The molecule has 94 valence electrons. The van der Waals surface area contributed by atoms with E-state index in [-0.39, 0.29) is 0 Å². The number of nitrogens with zero attached hydrogens (tertiary/aromatic N) is 2. The minimum absolute atomic E-state index is 0.342. The topological polar surface area (TPSA) is 55.1 Å². The van der Waals surface area contributed by atoms with E-state index in [4.69, 9.17) is 5.11 Å². The summed E-state index contributed by atoms with van der Waals surface area (Å²) in [4.78, 5) is 15.8. The summed E-state index contributed by atoms with van der Waals surface area (Å²) in [5, 5.41) is 9.10. The van der Waals surface area contributed by atoms with E-state index in [0.717, 1.165) is 21.7 Å². The summed E-state index contributed by atoms with van der Waals surface area (Å²) in [5.74, 6) is -0.0970. The van der Waals surface area contributed by atoms with Crippen LogP contribution in [0.4, 0.5) is 0 Å². The lowest BCUT2D eigenvalue weighted by Gasteiger charge is -2.07. The zero-order valence-corrected chi connectivity index (χ0v) is 11.8. The summed E-state index contributed by atoms with van der Waals surface area (Å²) < 4.78 is 2.85. The Morgan fingerprint density at radius 1 is 1.50 bits per heavy atom. The second-order valence-electron chi connectivity index (χ2n) is 3.59. The first-order valence-electron chi connectivity index (χ1n) is 5.28. The van der Waals surface area contributed by atoms with E-state index >= 15 is 0 Å². The zero-order valence-electron chi connectivity index (χ0n) is 9.41. The molecular weight excluding hydrogens is 316 g/mol. The summed E-state index contributed by atoms with van der Waals surface area (Å²) in [5.41, 5.74) is 0.342. The summed E-state index contributed by atoms with van der Waals surface area (Å²) in [6.07, 6.45) is 5.37. The Morgan fingerprint density at radius 2 is 2.33 bits per heavy atom. The highest BCUT2D eigenvalue weighted by atomic mass is 79.9. The standard InChI is InChI=1S/C12H11BrN2O2S/c13-9-1-2-10(12(16)17)11(7-9)18-6-5-15-4-3-14-8-15/h1-4,7-8H,5-6H2,(H,16,17). The zero-order chi connectivity index (χ0) is 13.0. The Balaban J connectivity index is 2.03. The van der Waals surface area contributed by atoms with E-state index in [0.29, 0.717) is 5.56 Å². The maximum atomic E-state index is 11.1. The van der Waals surface area contributed by atoms with Crippen molar-refractivity contribution >= 4 is 33.7 Å². The summed E-state index contributed by atoms with van der Waals surface area (Å²) in [6.45, 7) is 0.802. The van der Waals surface area contributed by atoms with E-state index in [1.54, 1.807) is 24.7 Å². The third-order valence-electron chi connectivity index (χ3n) is 2.34. The highest BCUT2D eigenvalue weighted by Crippen LogP contribution is 2.26. The smallest absolute Gasteiger partial charge is 0.336 e. The largest absolute Gasteiger partial charge is 0.478 e. The minimum atomic E-state index is -0.896. The number of carboxylic acid groups (broad SMARTS) is 1. The van der Waals surface area contributed by atoms with Crippen molar-refractivity contribution in [1.29, 1.82) is 0 Å². The number of hydrogen-bond donors (Lipinski definition) is 1. The van der Waals surface area contributed by atoms with E-state index in [1.165, 1.54) is 11.8 Å². The minimum Gasteiger partial charge on any atom is -0.478 e. The van der Waals surface area contributed by atoms with E-state index < -0.39 is 5.97 Å². The van der Waals surface area contributed by atoms with Crippen LogP contribution in [-0.4, -0.2) is 26.4 Å². The molecule has 0 saturated heterocycles. The molecular formula is C12H11BrN2O2S. The van der Waals surface area contributed by atoms with Crippen molar-refractivity contribution < 1.29 is 9.90 Å². The van der Waals surface area contributed by atoms with Crippen molar-refractivity contribution in [3.63, 3.8) is 0 Å². The fraction of sp³-hybridized carbons (Fsp3) is 0.167. The van der Waals surface area contributed by atoms with Gasteiger partial charge in [-0.15, -0.1) is 11.8 Å². The number of carbonyl (C=O) groups is 1. The van der Waals surface area contributed by atoms with Crippen LogP contribution in [0.5, 0.6) is 0 Å². The van der Waals surface area contributed by atoms with Gasteiger partial charge in [0.1, 0.15) is 0 Å². The fourth-order valence-corrected chi connectivity index (χ4v) is 3.03. The van der Waals surface area contributed by atoms with Crippen LogP contribution in [-0.2, 0) is 6.54 Å². The van der Waals surface area contributed by atoms with Gasteiger partial charge in [0.25, 0.3) is 0 Å². The van der Waals surface area contributed by atoms with Crippen LogP contribution in [0.25, 0.3) is 0 Å². The first-order chi connectivity index (χ1) is 8.66. The monoisotopic (exact) mass is 326 g/mol. The Labute approximate surface area is 117 Å². The molecule has 4 nitrogen and oxygen atoms in total. The number of benzene rings is 1. The number of aromatic nitrogens is 2. The number of hydrogen-bond acceptors (Lipinski definition) is 3. The normalized spacial score (nSPS) is 10.5. The van der Waals surface area contributed by atoms with Gasteiger partial charge in [0.15, 0.2) is 0 Å². The van der Waals surface area contributed by atoms with Gasteiger partial charge in [-0.2, -0.15) is 0 Å². The lowest BCUT2D eigenvalue weighted by molar-refractivity contribution is 0.0693. The molecule has 0 aliphatic heterocycles. The molecule has 0 unspecified atom stereocenters. The Morgan fingerprint density at radius 3 is 3.00 bits per heavy atom. The van der Waals surface area contributed by atoms with Gasteiger partial charge in [-0.3, -0.25) is 0 Å². The number of carboxylic acids is 1. The average Bonchev–Trinajstić information content (AvgIpc) is 2.82. The third kappa shape index (κ3) is 3.36. The highest BCUT2D eigenvalue weighted by Gasteiger charge is 2.10. The molecule has 1 heterocycles. The molecule has 1 aromatic heterocycles. The number of thioether (sulfide) groups is 1. The maximum Gasteiger partial charge on any atom is 0.336 e.